The lowest BCUT2D eigenvalue weighted by Crippen LogP contribution is -2.51. The van der Waals surface area contributed by atoms with Crippen molar-refractivity contribution in [1.82, 2.24) is 5.32 Å². The van der Waals surface area contributed by atoms with E-state index < -0.39 is 17.7 Å². The van der Waals surface area contributed by atoms with Crippen LogP contribution in [0.2, 0.25) is 0 Å². The number of hydrogen-bond acceptors (Lipinski definition) is 4. The number of nitrogens with one attached hydrogen (secondary N) is 1. The number of nitrogens with zero attached hydrogens (tertiary/aromatic N) is 1. The van der Waals surface area contributed by atoms with Gasteiger partial charge in [-0.1, -0.05) is 50.2 Å². The van der Waals surface area contributed by atoms with E-state index in [4.69, 9.17) is 9.47 Å². The average Bonchev–Trinajstić information content (AvgIpc) is 2.79. The third-order valence-electron chi connectivity index (χ3n) is 4.80. The Kier molecular flexibility index (Phi) is 6.34. The summed E-state index contributed by atoms with van der Waals surface area (Å²) in [7, 11) is 0. The van der Waals surface area contributed by atoms with Gasteiger partial charge in [0, 0.05) is 0 Å². The van der Waals surface area contributed by atoms with E-state index in [9.17, 15) is 9.59 Å². The van der Waals surface area contributed by atoms with Gasteiger partial charge in [-0.2, -0.15) is 0 Å². The van der Waals surface area contributed by atoms with Crippen LogP contribution in [0.15, 0.2) is 48.5 Å². The largest absolute Gasteiger partial charge is 0.489 e. The Labute approximate surface area is 178 Å². The fourth-order valence-corrected chi connectivity index (χ4v) is 3.26. The van der Waals surface area contributed by atoms with Crippen LogP contribution in [0, 0.1) is 0 Å². The van der Waals surface area contributed by atoms with Crippen LogP contribution in [0.1, 0.15) is 51.7 Å². The smallest absolute Gasteiger partial charge is 0.408 e. The molecule has 160 valence electrons. The Hall–Kier alpha value is -3.02. The van der Waals surface area contributed by atoms with Gasteiger partial charge in [0.25, 0.3) is 5.91 Å². The molecule has 0 radical (unpaired) electrons. The molecule has 2 aromatic carbocycles. The van der Waals surface area contributed by atoms with Crippen molar-refractivity contribution < 1.29 is 19.1 Å². The number of hydrogen-bond donors (Lipinski definition) is 1. The van der Waals surface area contributed by atoms with Crippen molar-refractivity contribution in [3.05, 3.63) is 59.7 Å². The normalized spacial score (nSPS) is 16.5. The second-order valence-corrected chi connectivity index (χ2v) is 8.80. The molecule has 6 nitrogen and oxygen atoms in total. The lowest BCUT2D eigenvalue weighted by atomic mass is 10.0. The molecule has 30 heavy (non-hydrogen) atoms. The summed E-state index contributed by atoms with van der Waals surface area (Å²) in [5.74, 6) is 0.812. The van der Waals surface area contributed by atoms with E-state index in [0.29, 0.717) is 23.9 Å². The van der Waals surface area contributed by atoms with E-state index in [1.807, 2.05) is 36.4 Å². The van der Waals surface area contributed by atoms with Crippen LogP contribution in [0.25, 0.3) is 0 Å². The zero-order chi connectivity index (χ0) is 21.9. The first-order valence-corrected chi connectivity index (χ1v) is 10.3. The minimum Gasteiger partial charge on any atom is -0.489 e. The van der Waals surface area contributed by atoms with E-state index in [1.165, 1.54) is 5.56 Å². The summed E-state index contributed by atoms with van der Waals surface area (Å²) >= 11 is 0. The van der Waals surface area contributed by atoms with Crippen LogP contribution < -0.4 is 15.0 Å². The van der Waals surface area contributed by atoms with Gasteiger partial charge in [-0.3, -0.25) is 4.79 Å². The first-order chi connectivity index (χ1) is 14.1. The zero-order valence-corrected chi connectivity index (χ0v) is 18.3. The van der Waals surface area contributed by atoms with Crippen LogP contribution in [-0.4, -0.2) is 30.3 Å². The molecule has 1 aliphatic heterocycles. The van der Waals surface area contributed by atoms with Gasteiger partial charge in [-0.25, -0.2) is 4.79 Å². The number of alkyl carbamates (subject to hydrolysis) is 1. The van der Waals surface area contributed by atoms with Crippen LogP contribution in [-0.2, 0) is 16.1 Å². The SMILES string of the molecule is CC(C)c1ccc(CN2C(=O)C(NC(=O)OC(C)(C)C)COc3ccccc32)cc1. The highest BCUT2D eigenvalue weighted by Gasteiger charge is 2.33. The quantitative estimate of drug-likeness (QED) is 0.798. The number of fused-ring (bicyclic) bond motifs is 1. The number of rotatable bonds is 4. The van der Waals surface area contributed by atoms with Crippen molar-refractivity contribution in [3.8, 4) is 5.75 Å². The maximum Gasteiger partial charge on any atom is 0.408 e. The second kappa shape index (κ2) is 8.78. The molecule has 1 heterocycles. The molecule has 1 atom stereocenters. The fraction of sp³-hybridized carbons (Fsp3) is 0.417. The van der Waals surface area contributed by atoms with Crippen LogP contribution in [0.4, 0.5) is 10.5 Å². The second-order valence-electron chi connectivity index (χ2n) is 8.80. The highest BCUT2D eigenvalue weighted by Crippen LogP contribution is 2.32. The molecular weight excluding hydrogens is 380 g/mol. The molecule has 1 unspecified atom stereocenters. The van der Waals surface area contributed by atoms with Gasteiger partial charge in [0.05, 0.1) is 12.2 Å². The van der Waals surface area contributed by atoms with Gasteiger partial charge >= 0.3 is 6.09 Å². The topological polar surface area (TPSA) is 67.9 Å². The molecule has 6 heteroatoms. The Bertz CT molecular complexity index is 900. The van der Waals surface area contributed by atoms with Crippen molar-refractivity contribution in [3.63, 3.8) is 0 Å². The predicted molar refractivity (Wildman–Crippen MR) is 117 cm³/mol. The Morgan fingerprint density at radius 1 is 1.17 bits per heavy atom. The maximum absolute atomic E-state index is 13.4. The fourth-order valence-electron chi connectivity index (χ4n) is 3.26. The molecule has 0 aliphatic carbocycles. The molecule has 0 saturated heterocycles. The minimum absolute atomic E-state index is 0.0396. The molecule has 3 rings (SSSR count). The Morgan fingerprint density at radius 2 is 1.83 bits per heavy atom. The summed E-state index contributed by atoms with van der Waals surface area (Å²) < 4.78 is 11.2. The molecule has 1 N–H and O–H groups in total. The monoisotopic (exact) mass is 410 g/mol. The summed E-state index contributed by atoms with van der Waals surface area (Å²) in [4.78, 5) is 27.3. The van der Waals surface area contributed by atoms with Crippen molar-refractivity contribution in [1.29, 1.82) is 0 Å². The third-order valence-corrected chi connectivity index (χ3v) is 4.80. The van der Waals surface area contributed by atoms with E-state index in [0.717, 1.165) is 5.56 Å². The molecule has 2 aromatic rings. The van der Waals surface area contributed by atoms with E-state index in [2.05, 4.69) is 31.3 Å². The number of benzene rings is 2. The first kappa shape index (κ1) is 21.7. The van der Waals surface area contributed by atoms with Gasteiger partial charge in [0.2, 0.25) is 0 Å². The number of para-hydroxylation sites is 2. The van der Waals surface area contributed by atoms with Crippen LogP contribution in [0.5, 0.6) is 5.75 Å². The zero-order valence-electron chi connectivity index (χ0n) is 18.3. The van der Waals surface area contributed by atoms with E-state index in [-0.39, 0.29) is 12.5 Å². The third kappa shape index (κ3) is 5.32. The molecule has 2 amide bonds. The number of ether oxygens (including phenoxy) is 2. The summed E-state index contributed by atoms with van der Waals surface area (Å²) in [5, 5.41) is 2.66. The van der Waals surface area contributed by atoms with Crippen LogP contribution in [0.3, 0.4) is 0 Å². The summed E-state index contributed by atoms with van der Waals surface area (Å²) in [6, 6.07) is 14.8. The highest BCUT2D eigenvalue weighted by molar-refractivity contribution is 6.00. The lowest BCUT2D eigenvalue weighted by Gasteiger charge is -2.26. The molecule has 1 aliphatic rings. The van der Waals surface area contributed by atoms with Gasteiger partial charge in [0.15, 0.2) is 0 Å². The summed E-state index contributed by atoms with van der Waals surface area (Å²) in [5.41, 5.74) is 2.28. The lowest BCUT2D eigenvalue weighted by molar-refractivity contribution is -0.121. The molecular formula is C24H30N2O4. The maximum atomic E-state index is 13.4. The average molecular weight is 411 g/mol. The minimum atomic E-state index is -0.845. The Morgan fingerprint density at radius 3 is 2.47 bits per heavy atom. The Balaban J connectivity index is 1.85. The van der Waals surface area contributed by atoms with Crippen molar-refractivity contribution in [2.24, 2.45) is 0 Å². The number of amides is 2. The number of carbonyl (C=O) groups is 2. The molecule has 0 spiro atoms. The standard InChI is InChI=1S/C24H30N2O4/c1-16(2)18-12-10-17(11-13-18)14-26-20-8-6-7-9-21(20)29-15-19(22(26)27)25-23(28)30-24(3,4)5/h6-13,16,19H,14-15H2,1-5H3,(H,25,28). The molecule has 0 fully saturated rings. The molecule has 0 bridgehead atoms. The first-order valence-electron chi connectivity index (χ1n) is 10.3. The number of anilines is 1. The van der Waals surface area contributed by atoms with E-state index >= 15 is 0 Å². The van der Waals surface area contributed by atoms with E-state index in [1.54, 1.807) is 25.7 Å². The van der Waals surface area contributed by atoms with Gasteiger partial charge in [-0.05, 0) is 49.9 Å². The predicted octanol–water partition coefficient (Wildman–Crippen LogP) is 4.63. The van der Waals surface area contributed by atoms with Crippen molar-refractivity contribution >= 4 is 17.7 Å². The van der Waals surface area contributed by atoms with Crippen molar-refractivity contribution in [2.75, 3.05) is 11.5 Å². The molecule has 0 aromatic heterocycles. The summed E-state index contributed by atoms with van der Waals surface area (Å²) in [6.07, 6.45) is -0.642. The van der Waals surface area contributed by atoms with Gasteiger partial charge < -0.3 is 19.7 Å². The van der Waals surface area contributed by atoms with Crippen LogP contribution >= 0.6 is 0 Å². The highest BCUT2D eigenvalue weighted by atomic mass is 16.6. The van der Waals surface area contributed by atoms with Gasteiger partial charge in [-0.15, -0.1) is 0 Å². The number of carbonyl (C=O) groups excluding carboxylic acids is 2. The summed E-state index contributed by atoms with van der Waals surface area (Å²) in [6.45, 7) is 10.0. The van der Waals surface area contributed by atoms with Gasteiger partial charge in [0.1, 0.15) is 24.0 Å². The van der Waals surface area contributed by atoms with Crippen molar-refractivity contribution in [2.45, 2.75) is 58.7 Å². The molecule has 0 saturated carbocycles.